The molecule has 0 saturated carbocycles. The molecule has 0 unspecified atom stereocenters. The van der Waals surface area contributed by atoms with E-state index in [1.54, 1.807) is 0 Å². The summed E-state index contributed by atoms with van der Waals surface area (Å²) in [6, 6.07) is 25.7. The van der Waals surface area contributed by atoms with Crippen molar-refractivity contribution in [3.8, 4) is 5.75 Å². The molecule has 0 aliphatic heterocycles. The highest BCUT2D eigenvalue weighted by Gasteiger charge is 2.19. The lowest BCUT2D eigenvalue weighted by molar-refractivity contribution is -0.757. The van der Waals surface area contributed by atoms with Crippen LogP contribution in [0.2, 0.25) is 5.02 Å². The van der Waals surface area contributed by atoms with E-state index in [0.717, 1.165) is 57.2 Å². The predicted molar refractivity (Wildman–Crippen MR) is 169 cm³/mol. The SMILES string of the molecule is Cc1c(CC(=O)OCCCCCCO[N+](=O)[O-])c2cc(OCc3ccc4ccccc4n3)ccc2n1Cc1ccc(Cl)cc1. The number of nitrogens with zero attached hydrogens (tertiary/aromatic N) is 3. The number of fused-ring (bicyclic) bond motifs is 2. The Morgan fingerprint density at radius 1 is 0.955 bits per heavy atom. The van der Waals surface area contributed by atoms with E-state index >= 15 is 0 Å². The molecule has 0 spiro atoms. The predicted octanol–water partition coefficient (Wildman–Crippen LogP) is 7.63. The van der Waals surface area contributed by atoms with Gasteiger partial charge in [-0.3, -0.25) is 4.79 Å². The first kappa shape index (κ1) is 30.8. The number of hydrogen-bond acceptors (Lipinski definition) is 7. The Bertz CT molecular complexity index is 1750. The van der Waals surface area contributed by atoms with Gasteiger partial charge in [0.1, 0.15) is 12.4 Å². The van der Waals surface area contributed by atoms with Gasteiger partial charge in [-0.2, -0.15) is 0 Å². The summed E-state index contributed by atoms with van der Waals surface area (Å²) in [5.41, 5.74) is 5.71. The minimum Gasteiger partial charge on any atom is -0.487 e. The average molecular weight is 616 g/mol. The van der Waals surface area contributed by atoms with Gasteiger partial charge in [-0.25, -0.2) is 4.98 Å². The summed E-state index contributed by atoms with van der Waals surface area (Å²) in [5, 5.41) is 12.1. The first-order valence-electron chi connectivity index (χ1n) is 14.6. The van der Waals surface area contributed by atoms with E-state index in [2.05, 4.69) is 9.40 Å². The Balaban J connectivity index is 1.30. The molecule has 0 saturated heterocycles. The van der Waals surface area contributed by atoms with E-state index in [4.69, 9.17) is 26.1 Å². The number of ether oxygens (including phenoxy) is 2. The third-order valence-corrected chi connectivity index (χ3v) is 7.79. The standard InChI is InChI=1S/C34H34ClN3O6/c1-24-30(21-34(39)42-18-6-2-3-7-19-44-38(40)41)31-20-29(43-23-28-15-12-26-8-4-5-9-32(26)36-28)16-17-33(31)37(24)22-25-10-13-27(35)14-11-25/h4-5,8-17,20H,2-3,6-7,18-19,21-23H2,1H3. The molecule has 0 aliphatic carbocycles. The van der Waals surface area contributed by atoms with Gasteiger partial charge in [0.15, 0.2) is 0 Å². The van der Waals surface area contributed by atoms with E-state index < -0.39 is 5.09 Å². The Kier molecular flexibility index (Phi) is 10.3. The van der Waals surface area contributed by atoms with Crippen molar-refractivity contribution in [2.45, 2.75) is 52.2 Å². The first-order valence-corrected chi connectivity index (χ1v) is 15.0. The molecule has 0 amide bonds. The molecule has 9 nitrogen and oxygen atoms in total. The maximum Gasteiger partial charge on any atom is 0.310 e. The van der Waals surface area contributed by atoms with Crippen molar-refractivity contribution in [2.75, 3.05) is 13.2 Å². The van der Waals surface area contributed by atoms with Crippen LogP contribution in [0.1, 0.15) is 48.2 Å². The Hall–Kier alpha value is -4.63. The third-order valence-electron chi connectivity index (χ3n) is 7.54. The van der Waals surface area contributed by atoms with Crippen molar-refractivity contribution in [3.63, 3.8) is 0 Å². The van der Waals surface area contributed by atoms with Crippen LogP contribution in [0.15, 0.2) is 78.9 Å². The molecule has 228 valence electrons. The summed E-state index contributed by atoms with van der Waals surface area (Å²) in [7, 11) is 0. The molecule has 2 aromatic heterocycles. The molecular formula is C34H34ClN3O6. The fraction of sp³-hybridized carbons (Fsp3) is 0.294. The van der Waals surface area contributed by atoms with Crippen LogP contribution in [0.25, 0.3) is 21.8 Å². The molecule has 44 heavy (non-hydrogen) atoms. The van der Waals surface area contributed by atoms with Gasteiger partial charge in [0.05, 0.1) is 30.8 Å². The van der Waals surface area contributed by atoms with Gasteiger partial charge >= 0.3 is 5.97 Å². The number of unbranched alkanes of at least 4 members (excludes halogenated alkanes) is 3. The fourth-order valence-corrected chi connectivity index (χ4v) is 5.37. The van der Waals surface area contributed by atoms with Crippen LogP contribution in [-0.2, 0) is 33.9 Å². The summed E-state index contributed by atoms with van der Waals surface area (Å²) in [4.78, 5) is 32.2. The number of hydrogen-bond donors (Lipinski definition) is 0. The van der Waals surface area contributed by atoms with Crippen LogP contribution in [0, 0.1) is 17.0 Å². The maximum absolute atomic E-state index is 12.9. The van der Waals surface area contributed by atoms with Crippen LogP contribution in [0.4, 0.5) is 0 Å². The molecular weight excluding hydrogens is 582 g/mol. The van der Waals surface area contributed by atoms with Gasteiger partial charge in [-0.1, -0.05) is 54.4 Å². The molecule has 3 aromatic carbocycles. The number of pyridine rings is 1. The quantitative estimate of drug-likeness (QED) is 0.0516. The van der Waals surface area contributed by atoms with Crippen molar-refractivity contribution in [1.29, 1.82) is 0 Å². The van der Waals surface area contributed by atoms with Crippen molar-refractivity contribution in [3.05, 3.63) is 117 Å². The topological polar surface area (TPSA) is 106 Å². The maximum atomic E-state index is 12.9. The second-order valence-corrected chi connectivity index (χ2v) is 11.0. The number of carbonyl (C=O) groups excluding carboxylic acids is 1. The van der Waals surface area contributed by atoms with E-state index in [-0.39, 0.29) is 19.0 Å². The average Bonchev–Trinajstić information content (AvgIpc) is 3.27. The van der Waals surface area contributed by atoms with Gasteiger partial charge in [0.2, 0.25) is 0 Å². The van der Waals surface area contributed by atoms with E-state index in [0.29, 0.717) is 43.4 Å². The molecule has 5 aromatic rings. The zero-order valence-electron chi connectivity index (χ0n) is 24.5. The number of rotatable bonds is 15. The minimum absolute atomic E-state index is 0.0800. The van der Waals surface area contributed by atoms with Gasteiger partial charge < -0.3 is 18.9 Å². The Morgan fingerprint density at radius 2 is 1.73 bits per heavy atom. The van der Waals surface area contributed by atoms with E-state index in [1.807, 2.05) is 85.8 Å². The van der Waals surface area contributed by atoms with Crippen LogP contribution in [0.5, 0.6) is 5.75 Å². The summed E-state index contributed by atoms with van der Waals surface area (Å²) in [5.74, 6) is 0.383. The van der Waals surface area contributed by atoms with Crippen LogP contribution >= 0.6 is 11.6 Å². The van der Waals surface area contributed by atoms with Gasteiger partial charge in [-0.15, -0.1) is 10.1 Å². The van der Waals surface area contributed by atoms with Gasteiger partial charge in [0, 0.05) is 33.6 Å². The minimum atomic E-state index is -0.784. The summed E-state index contributed by atoms with van der Waals surface area (Å²) in [6.07, 6.45) is 2.95. The monoisotopic (exact) mass is 615 g/mol. The lowest BCUT2D eigenvalue weighted by Gasteiger charge is -2.10. The molecule has 0 bridgehead atoms. The molecule has 0 radical (unpaired) electrons. The summed E-state index contributed by atoms with van der Waals surface area (Å²) < 4.78 is 13.9. The van der Waals surface area contributed by atoms with E-state index in [1.165, 1.54) is 0 Å². The lowest BCUT2D eigenvalue weighted by atomic mass is 10.1. The van der Waals surface area contributed by atoms with Gasteiger partial charge in [0.25, 0.3) is 5.09 Å². The Labute approximate surface area is 260 Å². The van der Waals surface area contributed by atoms with Crippen molar-refractivity contribution >= 4 is 39.4 Å². The van der Waals surface area contributed by atoms with Crippen LogP contribution in [-0.4, -0.2) is 33.8 Å². The number of halogens is 1. The fourth-order valence-electron chi connectivity index (χ4n) is 5.24. The number of para-hydroxylation sites is 1. The lowest BCUT2D eigenvalue weighted by Crippen LogP contribution is -2.10. The van der Waals surface area contributed by atoms with E-state index in [9.17, 15) is 14.9 Å². The molecule has 0 N–H and O–H groups in total. The van der Waals surface area contributed by atoms with Crippen molar-refractivity contribution in [2.24, 2.45) is 0 Å². The molecule has 5 rings (SSSR count). The van der Waals surface area contributed by atoms with Gasteiger partial charge in [-0.05, 0) is 79.8 Å². The molecule has 10 heteroatoms. The molecule has 0 aliphatic rings. The van der Waals surface area contributed by atoms with Crippen molar-refractivity contribution in [1.82, 2.24) is 9.55 Å². The molecule has 2 heterocycles. The number of aromatic nitrogens is 2. The zero-order valence-corrected chi connectivity index (χ0v) is 25.3. The number of esters is 1. The largest absolute Gasteiger partial charge is 0.487 e. The number of benzene rings is 3. The van der Waals surface area contributed by atoms with Crippen molar-refractivity contribution < 1.29 is 24.2 Å². The smallest absolute Gasteiger partial charge is 0.310 e. The Morgan fingerprint density at radius 3 is 2.52 bits per heavy atom. The highest BCUT2D eigenvalue weighted by Crippen LogP contribution is 2.31. The first-order chi connectivity index (χ1) is 21.4. The normalized spacial score (nSPS) is 11.1. The second kappa shape index (κ2) is 14.7. The van der Waals surface area contributed by atoms with Crippen LogP contribution < -0.4 is 4.74 Å². The molecule has 0 atom stereocenters. The second-order valence-electron chi connectivity index (χ2n) is 10.6. The summed E-state index contributed by atoms with van der Waals surface area (Å²) >= 11 is 6.11. The van der Waals surface area contributed by atoms with Crippen LogP contribution in [0.3, 0.4) is 0 Å². The number of carbonyl (C=O) groups is 1. The summed E-state index contributed by atoms with van der Waals surface area (Å²) in [6.45, 7) is 3.33. The highest BCUT2D eigenvalue weighted by molar-refractivity contribution is 6.30. The molecule has 0 fully saturated rings. The highest BCUT2D eigenvalue weighted by atomic mass is 35.5. The third kappa shape index (κ3) is 8.05. The zero-order chi connectivity index (χ0) is 30.9.